The van der Waals surface area contributed by atoms with E-state index in [0.717, 1.165) is 42.3 Å². The smallest absolute Gasteiger partial charge is 0.0648 e. The van der Waals surface area contributed by atoms with E-state index in [9.17, 15) is 0 Å². The van der Waals surface area contributed by atoms with Crippen LogP contribution in [0.2, 0.25) is 0 Å². The largest absolute Gasteiger partial charge is 0.375 e. The minimum absolute atomic E-state index is 0.0146. The van der Waals surface area contributed by atoms with Crippen molar-refractivity contribution in [2.75, 3.05) is 13.2 Å². The second kappa shape index (κ2) is 11.2. The van der Waals surface area contributed by atoms with Gasteiger partial charge in [0, 0.05) is 10.5 Å². The van der Waals surface area contributed by atoms with Crippen LogP contribution in [0.4, 0.5) is 0 Å². The molecule has 0 radical (unpaired) electrons. The van der Waals surface area contributed by atoms with E-state index in [1.807, 2.05) is 0 Å². The summed E-state index contributed by atoms with van der Waals surface area (Å²) in [7, 11) is 0. The van der Waals surface area contributed by atoms with Gasteiger partial charge < -0.3 is 9.47 Å². The predicted molar refractivity (Wildman–Crippen MR) is 106 cm³/mol. The Labute approximate surface area is 153 Å². The summed E-state index contributed by atoms with van der Waals surface area (Å²) < 4.78 is 12.9. The molecule has 0 heterocycles. The zero-order chi connectivity index (χ0) is 17.2. The van der Waals surface area contributed by atoms with Crippen LogP contribution < -0.4 is 0 Å². The van der Waals surface area contributed by atoms with Crippen LogP contribution in [0, 0.1) is 5.92 Å². The van der Waals surface area contributed by atoms with Crippen molar-refractivity contribution in [1.29, 1.82) is 0 Å². The third kappa shape index (κ3) is 14.3. The molecule has 3 heteroatoms. The zero-order valence-corrected chi connectivity index (χ0v) is 18.2. The van der Waals surface area contributed by atoms with Crippen LogP contribution in [0.25, 0.3) is 0 Å². The fourth-order valence-electron chi connectivity index (χ4n) is 2.37. The lowest BCUT2D eigenvalue weighted by Crippen LogP contribution is -2.31. The number of alkyl halides is 1. The van der Waals surface area contributed by atoms with Crippen molar-refractivity contribution in [1.82, 2.24) is 0 Å². The predicted octanol–water partition coefficient (Wildman–Crippen LogP) is 6.40. The van der Waals surface area contributed by atoms with Gasteiger partial charge in [0.15, 0.2) is 0 Å². The van der Waals surface area contributed by atoms with E-state index < -0.39 is 0 Å². The molecule has 0 bridgehead atoms. The lowest BCUT2D eigenvalue weighted by atomic mass is 10.00. The zero-order valence-electron chi connectivity index (χ0n) is 16.0. The molecule has 0 aliphatic heterocycles. The summed E-state index contributed by atoms with van der Waals surface area (Å²) in [4.78, 5) is 0. The Morgan fingerprint density at radius 1 is 0.773 bits per heavy atom. The molecule has 0 spiro atoms. The van der Waals surface area contributed by atoms with Gasteiger partial charge in [-0.15, -0.1) is 0 Å². The lowest BCUT2D eigenvalue weighted by Gasteiger charge is -2.30. The van der Waals surface area contributed by atoms with E-state index in [-0.39, 0.29) is 11.2 Å². The topological polar surface area (TPSA) is 18.5 Å². The molecule has 0 amide bonds. The second-order valence-corrected chi connectivity index (χ2v) is 10.3. The molecule has 1 unspecified atom stereocenters. The monoisotopic (exact) mass is 426 g/mol. The molecule has 134 valence electrons. The van der Waals surface area contributed by atoms with Gasteiger partial charge >= 0.3 is 0 Å². The Bertz CT molecular complexity index is 273. The molecule has 0 rings (SSSR count). The maximum absolute atomic E-state index is 6.11. The van der Waals surface area contributed by atoms with Crippen LogP contribution in [-0.2, 0) is 9.47 Å². The number of hydrogen-bond acceptors (Lipinski definition) is 2. The van der Waals surface area contributed by atoms with Gasteiger partial charge in [-0.05, 0) is 72.1 Å². The summed E-state index contributed by atoms with van der Waals surface area (Å²) in [6, 6.07) is 0. The minimum atomic E-state index is -0.0796. The molecule has 0 aromatic heterocycles. The average Bonchev–Trinajstić information content (AvgIpc) is 2.33. The first-order valence-corrected chi connectivity index (χ1v) is 10.2. The highest BCUT2D eigenvalue weighted by Crippen LogP contribution is 2.23. The summed E-state index contributed by atoms with van der Waals surface area (Å²) in [5, 5.41) is 0. The Morgan fingerprint density at radius 2 is 1.32 bits per heavy atom. The molecule has 1 atom stereocenters. The molecule has 0 N–H and O–H groups in total. The molecule has 2 nitrogen and oxygen atoms in total. The van der Waals surface area contributed by atoms with Crippen molar-refractivity contribution in [3.63, 3.8) is 0 Å². The lowest BCUT2D eigenvalue weighted by molar-refractivity contribution is -0.0756. The van der Waals surface area contributed by atoms with Crippen molar-refractivity contribution in [2.24, 2.45) is 5.92 Å². The summed E-state index contributed by atoms with van der Waals surface area (Å²) in [6.07, 6.45) is 7.01. The van der Waals surface area contributed by atoms with Crippen LogP contribution in [0.5, 0.6) is 0 Å². The van der Waals surface area contributed by atoms with Crippen LogP contribution >= 0.6 is 22.6 Å². The van der Waals surface area contributed by atoms with Gasteiger partial charge in [0.05, 0.1) is 17.8 Å². The molecule has 0 fully saturated rings. The summed E-state index contributed by atoms with van der Waals surface area (Å²) in [6.45, 7) is 17.2. The molecule has 0 aliphatic rings. The highest BCUT2D eigenvalue weighted by Gasteiger charge is 2.22. The van der Waals surface area contributed by atoms with Crippen LogP contribution in [0.3, 0.4) is 0 Å². The fraction of sp³-hybridized carbons (Fsp3) is 1.00. The Morgan fingerprint density at radius 3 is 1.86 bits per heavy atom. The first kappa shape index (κ1) is 22.6. The number of halogens is 1. The number of ether oxygens (including phenoxy) is 2. The maximum Gasteiger partial charge on any atom is 0.0648 e. The number of hydrogen-bond donors (Lipinski definition) is 0. The van der Waals surface area contributed by atoms with Gasteiger partial charge in [-0.1, -0.05) is 43.4 Å². The Kier molecular flexibility index (Phi) is 11.6. The van der Waals surface area contributed by atoms with Crippen molar-refractivity contribution in [2.45, 2.75) is 102 Å². The second-order valence-electron chi connectivity index (χ2n) is 8.18. The maximum atomic E-state index is 6.11. The highest BCUT2D eigenvalue weighted by molar-refractivity contribution is 14.1. The van der Waals surface area contributed by atoms with E-state index in [4.69, 9.17) is 9.47 Å². The SMILES string of the molecule is CC(C)CCCOC(C)(C)CCOC(C)(C)CCCC(C)I. The molecular weight excluding hydrogens is 387 g/mol. The minimum Gasteiger partial charge on any atom is -0.375 e. The Hall–Kier alpha value is 0.650. The van der Waals surface area contributed by atoms with E-state index in [0.29, 0.717) is 0 Å². The summed E-state index contributed by atoms with van der Waals surface area (Å²) >= 11 is 2.50. The Balaban J connectivity index is 3.85. The highest BCUT2D eigenvalue weighted by atomic mass is 127. The quantitative estimate of drug-likeness (QED) is 0.193. The van der Waals surface area contributed by atoms with Gasteiger partial charge in [-0.2, -0.15) is 0 Å². The fourth-order valence-corrected chi connectivity index (χ4v) is 2.81. The third-order valence-electron chi connectivity index (χ3n) is 4.00. The van der Waals surface area contributed by atoms with Gasteiger partial charge in [-0.3, -0.25) is 0 Å². The molecule has 0 saturated carbocycles. The molecule has 0 aromatic rings. The first-order chi connectivity index (χ1) is 10.0. The van der Waals surface area contributed by atoms with Crippen molar-refractivity contribution in [3.05, 3.63) is 0 Å². The van der Waals surface area contributed by atoms with E-state index >= 15 is 0 Å². The van der Waals surface area contributed by atoms with Crippen molar-refractivity contribution >= 4 is 22.6 Å². The molecular formula is C19H39IO2. The van der Waals surface area contributed by atoms with Gasteiger partial charge in [-0.25, -0.2) is 0 Å². The van der Waals surface area contributed by atoms with E-state index in [2.05, 4.69) is 71.1 Å². The normalized spacial score (nSPS) is 14.6. The summed E-state index contributed by atoms with van der Waals surface area (Å²) in [5.41, 5.74) is -0.0942. The molecule has 0 aliphatic carbocycles. The molecule has 0 saturated heterocycles. The van der Waals surface area contributed by atoms with Crippen LogP contribution in [-0.4, -0.2) is 28.3 Å². The standard InChI is InChI=1S/C19H39IO2/c1-16(2)10-9-14-21-19(6,7)13-15-22-18(4,5)12-8-11-17(3)20/h16-17H,8-15H2,1-7H3. The van der Waals surface area contributed by atoms with Gasteiger partial charge in [0.2, 0.25) is 0 Å². The summed E-state index contributed by atoms with van der Waals surface area (Å²) in [5.74, 6) is 0.765. The number of rotatable bonds is 13. The average molecular weight is 426 g/mol. The molecule has 0 aromatic carbocycles. The van der Waals surface area contributed by atoms with Crippen molar-refractivity contribution < 1.29 is 9.47 Å². The van der Waals surface area contributed by atoms with Gasteiger partial charge in [0.25, 0.3) is 0 Å². The van der Waals surface area contributed by atoms with Crippen LogP contribution in [0.1, 0.15) is 87.0 Å². The van der Waals surface area contributed by atoms with E-state index in [1.54, 1.807) is 0 Å². The first-order valence-electron chi connectivity index (χ1n) is 8.96. The third-order valence-corrected chi connectivity index (χ3v) is 4.62. The van der Waals surface area contributed by atoms with E-state index in [1.165, 1.54) is 19.3 Å². The van der Waals surface area contributed by atoms with Gasteiger partial charge in [0.1, 0.15) is 0 Å². The van der Waals surface area contributed by atoms with Crippen LogP contribution in [0.15, 0.2) is 0 Å². The van der Waals surface area contributed by atoms with Crippen molar-refractivity contribution in [3.8, 4) is 0 Å². The molecule has 22 heavy (non-hydrogen) atoms.